The molecule has 1 aromatic carbocycles. The quantitative estimate of drug-likeness (QED) is 0.783. The number of aryl methyl sites for hydroxylation is 2. The van der Waals surface area contributed by atoms with Crippen molar-refractivity contribution in [3.8, 4) is 0 Å². The van der Waals surface area contributed by atoms with E-state index < -0.39 is 0 Å². The van der Waals surface area contributed by atoms with Gasteiger partial charge in [-0.05, 0) is 47.7 Å². The number of hydrogen-bond acceptors (Lipinski definition) is 3. The Morgan fingerprint density at radius 1 is 1.27 bits per heavy atom. The number of nitrogens with zero attached hydrogens (tertiary/aromatic N) is 2. The molecule has 26 heavy (non-hydrogen) atoms. The number of piperidine rings is 1. The molecule has 7 heteroatoms. The Kier molecular flexibility index (Phi) is 6.08. The Labute approximate surface area is 161 Å². The second kappa shape index (κ2) is 8.49. The average molecular weight is 419 g/mol. The van der Waals surface area contributed by atoms with Crippen LogP contribution in [0.25, 0.3) is 0 Å². The molecule has 3 rings (SSSR count). The van der Waals surface area contributed by atoms with Crippen molar-refractivity contribution in [2.24, 2.45) is 0 Å². The Morgan fingerprint density at radius 2 is 1.96 bits per heavy atom. The topological polar surface area (TPSA) is 78.1 Å². The van der Waals surface area contributed by atoms with E-state index in [0.717, 1.165) is 29.4 Å². The first-order valence-corrected chi connectivity index (χ1v) is 9.67. The van der Waals surface area contributed by atoms with Crippen molar-refractivity contribution < 1.29 is 9.59 Å². The van der Waals surface area contributed by atoms with Gasteiger partial charge in [0.1, 0.15) is 0 Å². The molecule has 0 spiro atoms. The van der Waals surface area contributed by atoms with Gasteiger partial charge >= 0.3 is 0 Å². The van der Waals surface area contributed by atoms with Gasteiger partial charge in [-0.1, -0.05) is 30.3 Å². The van der Waals surface area contributed by atoms with Crippen molar-refractivity contribution in [1.82, 2.24) is 20.4 Å². The Hall–Kier alpha value is -2.15. The van der Waals surface area contributed by atoms with Crippen LogP contribution in [0.1, 0.15) is 41.0 Å². The number of H-pyrrole nitrogens is 1. The van der Waals surface area contributed by atoms with Gasteiger partial charge < -0.3 is 10.2 Å². The number of halogens is 1. The molecule has 6 nitrogen and oxygen atoms in total. The summed E-state index contributed by atoms with van der Waals surface area (Å²) in [5, 5.41) is 9.99. The van der Waals surface area contributed by atoms with Gasteiger partial charge in [0, 0.05) is 31.2 Å². The van der Waals surface area contributed by atoms with Gasteiger partial charge in [-0.2, -0.15) is 5.10 Å². The number of likely N-dealkylation sites (tertiary alicyclic amines) is 1. The summed E-state index contributed by atoms with van der Waals surface area (Å²) in [5.74, 6) is -0.000575. The van der Waals surface area contributed by atoms with E-state index in [-0.39, 0.29) is 17.9 Å². The second-order valence-electron chi connectivity index (χ2n) is 6.63. The minimum atomic E-state index is -0.0740. The Bertz CT molecular complexity index is 767. The largest absolute Gasteiger partial charge is 0.353 e. The van der Waals surface area contributed by atoms with Gasteiger partial charge in [-0.15, -0.1) is 0 Å². The van der Waals surface area contributed by atoms with Crippen LogP contribution in [-0.2, 0) is 11.2 Å². The molecular formula is C19H23BrN4O2. The standard InChI is InChI=1S/C19H23BrN4O2/c1-13-17(20)18(23-22-13)19(26)24-11-9-15(10-12-24)21-16(25)8-7-14-5-3-2-4-6-14/h2-6,15H,7-12H2,1H3,(H,21,25)(H,22,23). The van der Waals surface area contributed by atoms with Crippen LogP contribution < -0.4 is 5.32 Å². The monoisotopic (exact) mass is 418 g/mol. The average Bonchev–Trinajstić information content (AvgIpc) is 3.00. The smallest absolute Gasteiger partial charge is 0.275 e. The number of benzene rings is 1. The summed E-state index contributed by atoms with van der Waals surface area (Å²) in [5.41, 5.74) is 2.43. The van der Waals surface area contributed by atoms with Crippen LogP contribution in [0.2, 0.25) is 0 Å². The van der Waals surface area contributed by atoms with E-state index in [4.69, 9.17) is 0 Å². The summed E-state index contributed by atoms with van der Waals surface area (Å²) >= 11 is 3.40. The minimum Gasteiger partial charge on any atom is -0.353 e. The van der Waals surface area contributed by atoms with E-state index in [9.17, 15) is 9.59 Å². The van der Waals surface area contributed by atoms with E-state index in [0.29, 0.717) is 25.2 Å². The molecule has 1 fully saturated rings. The molecule has 1 aliphatic rings. The first-order chi connectivity index (χ1) is 12.5. The van der Waals surface area contributed by atoms with Gasteiger partial charge in [0.25, 0.3) is 5.91 Å². The lowest BCUT2D eigenvalue weighted by Crippen LogP contribution is -2.46. The number of nitrogens with one attached hydrogen (secondary N) is 2. The molecule has 0 saturated carbocycles. The molecule has 1 aromatic heterocycles. The summed E-state index contributed by atoms with van der Waals surface area (Å²) in [6, 6.07) is 10.1. The maximum absolute atomic E-state index is 12.5. The maximum atomic E-state index is 12.5. The zero-order chi connectivity index (χ0) is 18.5. The molecular weight excluding hydrogens is 396 g/mol. The summed E-state index contributed by atoms with van der Waals surface area (Å²) in [4.78, 5) is 26.5. The maximum Gasteiger partial charge on any atom is 0.275 e. The van der Waals surface area contributed by atoms with Gasteiger partial charge in [-0.25, -0.2) is 0 Å². The fraction of sp³-hybridized carbons (Fsp3) is 0.421. The SMILES string of the molecule is Cc1[nH]nc(C(=O)N2CCC(NC(=O)CCc3ccccc3)CC2)c1Br. The van der Waals surface area contributed by atoms with Crippen LogP contribution >= 0.6 is 15.9 Å². The highest BCUT2D eigenvalue weighted by Crippen LogP contribution is 2.21. The van der Waals surface area contributed by atoms with E-state index in [1.807, 2.05) is 37.3 Å². The van der Waals surface area contributed by atoms with Crippen molar-refractivity contribution >= 4 is 27.7 Å². The van der Waals surface area contributed by atoms with Gasteiger partial charge in [0.05, 0.1) is 4.47 Å². The minimum absolute atomic E-state index is 0.0734. The molecule has 0 aliphatic carbocycles. The third-order valence-corrected chi connectivity index (χ3v) is 5.68. The van der Waals surface area contributed by atoms with Crippen molar-refractivity contribution in [3.63, 3.8) is 0 Å². The zero-order valence-corrected chi connectivity index (χ0v) is 16.4. The van der Waals surface area contributed by atoms with E-state index in [1.165, 1.54) is 5.56 Å². The predicted molar refractivity (Wildman–Crippen MR) is 103 cm³/mol. The number of aromatic nitrogens is 2. The molecule has 1 saturated heterocycles. The Morgan fingerprint density at radius 3 is 2.58 bits per heavy atom. The molecule has 138 valence electrons. The summed E-state index contributed by atoms with van der Waals surface area (Å²) in [7, 11) is 0. The lowest BCUT2D eigenvalue weighted by molar-refractivity contribution is -0.122. The van der Waals surface area contributed by atoms with Crippen LogP contribution in [0, 0.1) is 6.92 Å². The second-order valence-corrected chi connectivity index (χ2v) is 7.42. The molecule has 2 aromatic rings. The van der Waals surface area contributed by atoms with Crippen LogP contribution in [0.4, 0.5) is 0 Å². The Balaban J connectivity index is 1.44. The molecule has 0 bridgehead atoms. The highest BCUT2D eigenvalue weighted by atomic mass is 79.9. The highest BCUT2D eigenvalue weighted by Gasteiger charge is 2.27. The molecule has 0 unspecified atom stereocenters. The van der Waals surface area contributed by atoms with Gasteiger partial charge in [0.2, 0.25) is 5.91 Å². The summed E-state index contributed by atoms with van der Waals surface area (Å²) in [6.45, 7) is 3.12. The van der Waals surface area contributed by atoms with Crippen LogP contribution in [0.3, 0.4) is 0 Å². The van der Waals surface area contributed by atoms with E-state index in [2.05, 4.69) is 31.4 Å². The summed E-state index contributed by atoms with van der Waals surface area (Å²) in [6.07, 6.45) is 2.77. The molecule has 1 aliphatic heterocycles. The number of carbonyl (C=O) groups is 2. The number of aromatic amines is 1. The van der Waals surface area contributed by atoms with Crippen molar-refractivity contribution in [1.29, 1.82) is 0 Å². The van der Waals surface area contributed by atoms with Crippen molar-refractivity contribution in [3.05, 3.63) is 51.8 Å². The van der Waals surface area contributed by atoms with E-state index in [1.54, 1.807) is 4.90 Å². The first-order valence-electron chi connectivity index (χ1n) is 8.87. The van der Waals surface area contributed by atoms with Crippen molar-refractivity contribution in [2.45, 2.75) is 38.6 Å². The summed E-state index contributed by atoms with van der Waals surface area (Å²) < 4.78 is 0.721. The highest BCUT2D eigenvalue weighted by molar-refractivity contribution is 9.10. The van der Waals surface area contributed by atoms with Gasteiger partial charge in [0.15, 0.2) is 5.69 Å². The van der Waals surface area contributed by atoms with Crippen LogP contribution in [-0.4, -0.2) is 46.0 Å². The molecule has 0 radical (unpaired) electrons. The van der Waals surface area contributed by atoms with Gasteiger partial charge in [-0.3, -0.25) is 14.7 Å². The third-order valence-electron chi connectivity index (χ3n) is 4.71. The molecule has 2 N–H and O–H groups in total. The molecule has 0 atom stereocenters. The molecule has 2 heterocycles. The normalized spacial score (nSPS) is 15.1. The lowest BCUT2D eigenvalue weighted by atomic mass is 10.0. The van der Waals surface area contributed by atoms with Crippen LogP contribution in [0.5, 0.6) is 0 Å². The number of amides is 2. The third kappa shape index (κ3) is 4.52. The fourth-order valence-corrected chi connectivity index (χ4v) is 3.48. The van der Waals surface area contributed by atoms with Crippen molar-refractivity contribution in [2.75, 3.05) is 13.1 Å². The zero-order valence-electron chi connectivity index (χ0n) is 14.8. The number of carbonyl (C=O) groups excluding carboxylic acids is 2. The molecule has 2 amide bonds. The first kappa shape index (κ1) is 18.6. The van der Waals surface area contributed by atoms with E-state index >= 15 is 0 Å². The number of rotatable bonds is 5. The van der Waals surface area contributed by atoms with Crippen LogP contribution in [0.15, 0.2) is 34.8 Å². The lowest BCUT2D eigenvalue weighted by Gasteiger charge is -2.32. The number of hydrogen-bond donors (Lipinski definition) is 2. The predicted octanol–water partition coefficient (Wildman–Crippen LogP) is 2.83. The fourth-order valence-electron chi connectivity index (χ4n) is 3.14.